The molecule has 0 unspecified atom stereocenters. The average Bonchev–Trinajstić information content (AvgIpc) is 3.25. The molecule has 0 saturated heterocycles. The zero-order valence-corrected chi connectivity index (χ0v) is 18.5. The molecule has 0 radical (unpaired) electrons. The molecule has 8 heteroatoms. The van der Waals surface area contributed by atoms with Gasteiger partial charge in [0.2, 0.25) is 11.8 Å². The number of benzene rings is 3. The van der Waals surface area contributed by atoms with Crippen molar-refractivity contribution in [3.63, 3.8) is 0 Å². The van der Waals surface area contributed by atoms with E-state index in [9.17, 15) is 9.59 Å². The number of thioether (sulfide) groups is 1. The van der Waals surface area contributed by atoms with Crippen LogP contribution in [0.4, 0.5) is 11.4 Å². The second-order valence-electron chi connectivity index (χ2n) is 7.57. The summed E-state index contributed by atoms with van der Waals surface area (Å²) in [6, 6.07) is 27.3. The molecule has 2 amide bonds. The van der Waals surface area contributed by atoms with E-state index < -0.39 is 0 Å². The van der Waals surface area contributed by atoms with Crippen LogP contribution >= 0.6 is 11.8 Å². The first-order valence-corrected chi connectivity index (χ1v) is 11.5. The number of amides is 2. The van der Waals surface area contributed by atoms with Gasteiger partial charge in [0.05, 0.1) is 17.1 Å². The monoisotopic (exact) mass is 455 g/mol. The first-order chi connectivity index (χ1) is 16.2. The lowest BCUT2D eigenvalue weighted by Crippen LogP contribution is -2.43. The van der Waals surface area contributed by atoms with Crippen molar-refractivity contribution in [1.82, 2.24) is 14.8 Å². The van der Waals surface area contributed by atoms with Crippen LogP contribution in [0.1, 0.15) is 11.4 Å². The van der Waals surface area contributed by atoms with Crippen LogP contribution in [0.15, 0.2) is 90.1 Å². The Balaban J connectivity index is 1.40. The maximum Gasteiger partial charge on any atom is 0.244 e. The molecule has 3 aromatic carbocycles. The smallest absolute Gasteiger partial charge is 0.244 e. The molecule has 1 aromatic heterocycles. The number of hydrogen-bond acceptors (Lipinski definition) is 5. The Bertz CT molecular complexity index is 1290. The highest BCUT2D eigenvalue weighted by Gasteiger charge is 2.27. The van der Waals surface area contributed by atoms with E-state index in [2.05, 4.69) is 27.6 Å². The van der Waals surface area contributed by atoms with Crippen molar-refractivity contribution < 1.29 is 9.59 Å². The zero-order chi connectivity index (χ0) is 22.6. The Labute approximate surface area is 195 Å². The van der Waals surface area contributed by atoms with Crippen LogP contribution in [0.25, 0.3) is 5.69 Å². The van der Waals surface area contributed by atoms with E-state index in [4.69, 9.17) is 0 Å². The number of hydrogen-bond donors (Lipinski definition) is 1. The van der Waals surface area contributed by atoms with E-state index in [1.54, 1.807) is 6.07 Å². The predicted molar refractivity (Wildman–Crippen MR) is 129 cm³/mol. The number of carbonyl (C=O) groups excluding carboxylic acids is 2. The van der Waals surface area contributed by atoms with Gasteiger partial charge in [-0.05, 0) is 29.8 Å². The molecule has 1 N–H and O–H groups in total. The Kier molecular flexibility index (Phi) is 5.91. The molecule has 1 aliphatic rings. The van der Waals surface area contributed by atoms with Gasteiger partial charge in [0.25, 0.3) is 0 Å². The minimum atomic E-state index is -0.204. The van der Waals surface area contributed by atoms with Gasteiger partial charge in [0.1, 0.15) is 12.4 Å². The second kappa shape index (κ2) is 9.30. The van der Waals surface area contributed by atoms with Crippen LogP contribution in [0.2, 0.25) is 0 Å². The van der Waals surface area contributed by atoms with Crippen molar-refractivity contribution in [2.45, 2.75) is 11.6 Å². The Morgan fingerprint density at radius 1 is 0.909 bits per heavy atom. The fourth-order valence-electron chi connectivity index (χ4n) is 3.78. The van der Waals surface area contributed by atoms with Crippen LogP contribution in [-0.4, -0.2) is 38.9 Å². The van der Waals surface area contributed by atoms with Crippen molar-refractivity contribution in [3.8, 4) is 5.69 Å². The van der Waals surface area contributed by atoms with Crippen molar-refractivity contribution in [2.24, 2.45) is 0 Å². The van der Waals surface area contributed by atoms with Gasteiger partial charge in [0.15, 0.2) is 5.16 Å². The van der Waals surface area contributed by atoms with Gasteiger partial charge < -0.3 is 10.2 Å². The zero-order valence-electron chi connectivity index (χ0n) is 17.7. The number of anilines is 2. The minimum absolute atomic E-state index is 0.00103. The van der Waals surface area contributed by atoms with Gasteiger partial charge in [-0.1, -0.05) is 72.4 Å². The normalized spacial score (nSPS) is 12.8. The fraction of sp³-hybridized carbons (Fsp3) is 0.120. The van der Waals surface area contributed by atoms with Gasteiger partial charge in [-0.3, -0.25) is 14.2 Å². The van der Waals surface area contributed by atoms with E-state index in [-0.39, 0.29) is 24.1 Å². The maximum atomic E-state index is 13.1. The van der Waals surface area contributed by atoms with Crippen molar-refractivity contribution in [1.29, 1.82) is 0 Å². The Morgan fingerprint density at radius 2 is 1.61 bits per heavy atom. The van der Waals surface area contributed by atoms with Crippen molar-refractivity contribution >= 4 is 35.0 Å². The Hall–Kier alpha value is -3.91. The number of nitrogens with zero attached hydrogens (tertiary/aromatic N) is 4. The van der Waals surface area contributed by atoms with Crippen LogP contribution < -0.4 is 10.2 Å². The van der Waals surface area contributed by atoms with Gasteiger partial charge in [-0.15, -0.1) is 10.2 Å². The standard InChI is InChI=1S/C25H21N5O2S/c31-23-16-29(21-14-8-7-13-20(21)26-23)24(32)17-33-25-28-27-22(15-18-9-3-1-4-10-18)30(25)19-11-5-2-6-12-19/h1-14H,15-17H2,(H,26,31). The molecule has 0 atom stereocenters. The molecule has 5 rings (SSSR count). The molecule has 4 aromatic rings. The molecule has 164 valence electrons. The number of carbonyl (C=O) groups is 2. The highest BCUT2D eigenvalue weighted by molar-refractivity contribution is 7.99. The maximum absolute atomic E-state index is 13.1. The third-order valence-electron chi connectivity index (χ3n) is 5.32. The van der Waals surface area contributed by atoms with Gasteiger partial charge in [0, 0.05) is 12.1 Å². The van der Waals surface area contributed by atoms with Crippen LogP contribution in [0.3, 0.4) is 0 Å². The number of para-hydroxylation sites is 3. The summed E-state index contributed by atoms with van der Waals surface area (Å²) in [5, 5.41) is 12.3. The van der Waals surface area contributed by atoms with Gasteiger partial charge >= 0.3 is 0 Å². The summed E-state index contributed by atoms with van der Waals surface area (Å²) in [5.41, 5.74) is 3.42. The second-order valence-corrected chi connectivity index (χ2v) is 8.51. The molecular weight excluding hydrogens is 434 g/mol. The molecule has 0 saturated carbocycles. The number of nitrogens with one attached hydrogen (secondary N) is 1. The van der Waals surface area contributed by atoms with Crippen molar-refractivity contribution in [3.05, 3.63) is 96.3 Å². The van der Waals surface area contributed by atoms with E-state index in [1.165, 1.54) is 16.7 Å². The molecule has 0 bridgehead atoms. The summed E-state index contributed by atoms with van der Waals surface area (Å²) in [4.78, 5) is 26.7. The highest BCUT2D eigenvalue weighted by Crippen LogP contribution is 2.30. The number of aromatic nitrogens is 3. The van der Waals surface area contributed by atoms with E-state index in [1.807, 2.05) is 71.3 Å². The quantitative estimate of drug-likeness (QED) is 0.446. The topological polar surface area (TPSA) is 80.1 Å². The number of rotatable bonds is 6. The average molecular weight is 456 g/mol. The molecule has 1 aliphatic heterocycles. The first-order valence-electron chi connectivity index (χ1n) is 10.5. The van der Waals surface area contributed by atoms with E-state index >= 15 is 0 Å². The van der Waals surface area contributed by atoms with Crippen LogP contribution in [0, 0.1) is 0 Å². The summed E-state index contributed by atoms with van der Waals surface area (Å²) < 4.78 is 1.99. The molecule has 0 aliphatic carbocycles. The Morgan fingerprint density at radius 3 is 2.39 bits per heavy atom. The molecule has 2 heterocycles. The van der Waals surface area contributed by atoms with E-state index in [0.29, 0.717) is 23.0 Å². The molecule has 0 fully saturated rings. The van der Waals surface area contributed by atoms with Gasteiger partial charge in [-0.25, -0.2) is 0 Å². The van der Waals surface area contributed by atoms with Gasteiger partial charge in [-0.2, -0.15) is 0 Å². The summed E-state index contributed by atoms with van der Waals surface area (Å²) in [7, 11) is 0. The fourth-order valence-corrected chi connectivity index (χ4v) is 4.63. The number of fused-ring (bicyclic) bond motifs is 1. The molecule has 7 nitrogen and oxygen atoms in total. The molecule has 0 spiro atoms. The SMILES string of the molecule is O=C1CN(C(=O)CSc2nnc(Cc3ccccc3)n2-c2ccccc2)c2ccccc2N1. The van der Waals surface area contributed by atoms with Crippen molar-refractivity contribution in [2.75, 3.05) is 22.5 Å². The predicted octanol–water partition coefficient (Wildman–Crippen LogP) is 3.94. The largest absolute Gasteiger partial charge is 0.323 e. The van der Waals surface area contributed by atoms with Crippen LogP contribution in [0.5, 0.6) is 0 Å². The molecule has 33 heavy (non-hydrogen) atoms. The minimum Gasteiger partial charge on any atom is -0.323 e. The van der Waals surface area contributed by atoms with E-state index in [0.717, 1.165) is 17.1 Å². The lowest BCUT2D eigenvalue weighted by molar-refractivity contribution is -0.120. The highest BCUT2D eigenvalue weighted by atomic mass is 32.2. The third-order valence-corrected chi connectivity index (χ3v) is 6.23. The lowest BCUT2D eigenvalue weighted by atomic mass is 10.1. The first kappa shape index (κ1) is 21.0. The summed E-state index contributed by atoms with van der Waals surface area (Å²) in [6.07, 6.45) is 0.622. The lowest BCUT2D eigenvalue weighted by Gasteiger charge is -2.29. The molecular formula is C25H21N5O2S. The summed E-state index contributed by atoms with van der Waals surface area (Å²) in [6.45, 7) is 0.00103. The van der Waals surface area contributed by atoms with Crippen LogP contribution in [-0.2, 0) is 16.0 Å². The third kappa shape index (κ3) is 4.51. The summed E-state index contributed by atoms with van der Waals surface area (Å²) >= 11 is 1.32. The summed E-state index contributed by atoms with van der Waals surface area (Å²) in [5.74, 6) is 0.571.